The lowest BCUT2D eigenvalue weighted by Gasteiger charge is -2.07. The molecule has 0 fully saturated rings. The molecule has 0 unspecified atom stereocenters. The molecule has 0 atom stereocenters. The lowest BCUT2D eigenvalue weighted by Crippen LogP contribution is -2.08. The summed E-state index contributed by atoms with van der Waals surface area (Å²) in [5, 5.41) is 5.78. The molecule has 0 spiro atoms. The van der Waals surface area contributed by atoms with Crippen LogP contribution in [-0.2, 0) is 4.79 Å². The van der Waals surface area contributed by atoms with Crippen LogP contribution in [0.5, 0.6) is 0 Å². The number of nitrogens with one attached hydrogen (secondary N) is 1. The molecule has 0 saturated heterocycles. The van der Waals surface area contributed by atoms with E-state index in [2.05, 4.69) is 17.4 Å². The third-order valence-electron chi connectivity index (χ3n) is 3.76. The number of fused-ring (bicyclic) bond motifs is 1. The van der Waals surface area contributed by atoms with Gasteiger partial charge in [0.2, 0.25) is 5.91 Å². The molecule has 0 saturated carbocycles. The van der Waals surface area contributed by atoms with Crippen LogP contribution in [-0.4, -0.2) is 5.91 Å². The zero-order chi connectivity index (χ0) is 16.2. The fourth-order valence-electron chi connectivity index (χ4n) is 2.48. The lowest BCUT2D eigenvalue weighted by molar-refractivity contribution is -0.111. The van der Waals surface area contributed by atoms with Crippen molar-refractivity contribution < 1.29 is 4.79 Å². The van der Waals surface area contributed by atoms with Crippen molar-refractivity contribution in [3.8, 4) is 0 Å². The van der Waals surface area contributed by atoms with E-state index in [-0.39, 0.29) is 5.91 Å². The normalized spacial score (nSPS) is 11.0. The van der Waals surface area contributed by atoms with Crippen LogP contribution in [0, 0.1) is 6.92 Å². The van der Waals surface area contributed by atoms with E-state index in [0.717, 1.165) is 27.6 Å². The van der Waals surface area contributed by atoms with Crippen molar-refractivity contribution in [3.05, 3.63) is 82.9 Å². The molecular formula is C20H16ClNO. The summed E-state index contributed by atoms with van der Waals surface area (Å²) in [6.07, 6.45) is 3.37. The monoisotopic (exact) mass is 321 g/mol. The molecular weight excluding hydrogens is 306 g/mol. The van der Waals surface area contributed by atoms with E-state index in [0.29, 0.717) is 5.02 Å². The molecule has 3 aromatic rings. The van der Waals surface area contributed by atoms with E-state index < -0.39 is 0 Å². The third-order valence-corrected chi connectivity index (χ3v) is 4.17. The van der Waals surface area contributed by atoms with E-state index in [4.69, 9.17) is 11.6 Å². The van der Waals surface area contributed by atoms with Crippen molar-refractivity contribution in [2.45, 2.75) is 6.92 Å². The molecule has 23 heavy (non-hydrogen) atoms. The van der Waals surface area contributed by atoms with Crippen molar-refractivity contribution in [1.29, 1.82) is 0 Å². The van der Waals surface area contributed by atoms with Crippen LogP contribution < -0.4 is 5.32 Å². The largest absolute Gasteiger partial charge is 0.322 e. The molecule has 0 aliphatic carbocycles. The Labute approximate surface area is 140 Å². The van der Waals surface area contributed by atoms with Crippen LogP contribution in [0.1, 0.15) is 11.1 Å². The topological polar surface area (TPSA) is 29.1 Å². The fourth-order valence-corrected chi connectivity index (χ4v) is 2.65. The maximum Gasteiger partial charge on any atom is 0.248 e. The van der Waals surface area contributed by atoms with E-state index in [1.165, 1.54) is 0 Å². The quantitative estimate of drug-likeness (QED) is 0.638. The Morgan fingerprint density at radius 2 is 1.74 bits per heavy atom. The Bertz CT molecular complexity index is 894. The Hall–Kier alpha value is -2.58. The number of hydrogen-bond acceptors (Lipinski definition) is 1. The van der Waals surface area contributed by atoms with Gasteiger partial charge in [-0.05, 0) is 47.0 Å². The van der Waals surface area contributed by atoms with Gasteiger partial charge in [-0.15, -0.1) is 0 Å². The molecule has 0 heterocycles. The van der Waals surface area contributed by atoms with Crippen LogP contribution in [0.15, 0.2) is 66.7 Å². The Kier molecular flexibility index (Phi) is 4.45. The summed E-state index contributed by atoms with van der Waals surface area (Å²) < 4.78 is 0. The van der Waals surface area contributed by atoms with Gasteiger partial charge >= 0.3 is 0 Å². The molecule has 1 N–H and O–H groups in total. The van der Waals surface area contributed by atoms with Gasteiger partial charge in [-0.3, -0.25) is 4.79 Å². The van der Waals surface area contributed by atoms with Gasteiger partial charge < -0.3 is 5.32 Å². The zero-order valence-electron chi connectivity index (χ0n) is 12.7. The molecule has 0 aliphatic rings. The molecule has 3 heteroatoms. The summed E-state index contributed by atoms with van der Waals surface area (Å²) >= 11 is 6.07. The zero-order valence-corrected chi connectivity index (χ0v) is 13.5. The maximum absolute atomic E-state index is 12.1. The minimum Gasteiger partial charge on any atom is -0.322 e. The second-order valence-electron chi connectivity index (χ2n) is 5.30. The standard InChI is InChI=1S/C20H16ClNO/c1-14-18(21)10-5-11-19(14)22-20(23)13-12-16-8-4-7-15-6-2-3-9-17(15)16/h2-13H,1H3,(H,22,23)/b13-12+. The first kappa shape index (κ1) is 15.3. The molecule has 3 rings (SSSR count). The van der Waals surface area contributed by atoms with E-state index >= 15 is 0 Å². The lowest BCUT2D eigenvalue weighted by atomic mass is 10.0. The first-order valence-corrected chi connectivity index (χ1v) is 7.75. The molecule has 0 aromatic heterocycles. The van der Waals surface area contributed by atoms with Crippen LogP contribution >= 0.6 is 11.6 Å². The fraction of sp³-hybridized carbons (Fsp3) is 0.0500. The maximum atomic E-state index is 12.1. The Morgan fingerprint density at radius 1 is 1.00 bits per heavy atom. The summed E-state index contributed by atoms with van der Waals surface area (Å²) in [6.45, 7) is 1.88. The number of anilines is 1. The summed E-state index contributed by atoms with van der Waals surface area (Å²) in [4.78, 5) is 12.1. The summed E-state index contributed by atoms with van der Waals surface area (Å²) in [7, 11) is 0. The van der Waals surface area contributed by atoms with E-state index in [1.807, 2.05) is 55.5 Å². The molecule has 1 amide bonds. The van der Waals surface area contributed by atoms with Gasteiger partial charge in [0.1, 0.15) is 0 Å². The second-order valence-corrected chi connectivity index (χ2v) is 5.71. The number of rotatable bonds is 3. The van der Waals surface area contributed by atoms with E-state index in [9.17, 15) is 4.79 Å². The molecule has 3 aromatic carbocycles. The van der Waals surface area contributed by atoms with Gasteiger partial charge in [-0.2, -0.15) is 0 Å². The smallest absolute Gasteiger partial charge is 0.248 e. The number of hydrogen-bond donors (Lipinski definition) is 1. The number of halogens is 1. The summed E-state index contributed by atoms with van der Waals surface area (Å²) in [5.41, 5.74) is 2.60. The first-order valence-electron chi connectivity index (χ1n) is 7.37. The molecule has 0 bridgehead atoms. The van der Waals surface area contributed by atoms with Crippen LogP contribution in [0.2, 0.25) is 5.02 Å². The van der Waals surface area contributed by atoms with Gasteiger partial charge in [-0.25, -0.2) is 0 Å². The van der Waals surface area contributed by atoms with Crippen molar-refractivity contribution >= 4 is 40.0 Å². The van der Waals surface area contributed by atoms with Gasteiger partial charge in [0, 0.05) is 16.8 Å². The predicted octanol–water partition coefficient (Wildman–Crippen LogP) is 5.45. The van der Waals surface area contributed by atoms with Crippen LogP contribution in [0.4, 0.5) is 5.69 Å². The van der Waals surface area contributed by atoms with Gasteiger partial charge in [0.15, 0.2) is 0 Å². The highest BCUT2D eigenvalue weighted by Gasteiger charge is 2.04. The number of carbonyl (C=O) groups is 1. The summed E-state index contributed by atoms with van der Waals surface area (Å²) in [5.74, 6) is -0.177. The highest BCUT2D eigenvalue weighted by atomic mass is 35.5. The third kappa shape index (κ3) is 3.43. The summed E-state index contributed by atoms with van der Waals surface area (Å²) in [6, 6.07) is 19.6. The Morgan fingerprint density at radius 3 is 2.61 bits per heavy atom. The molecule has 0 radical (unpaired) electrons. The SMILES string of the molecule is Cc1c(Cl)cccc1NC(=O)/C=C/c1cccc2ccccc12. The van der Waals surface area contributed by atoms with Crippen molar-refractivity contribution in [1.82, 2.24) is 0 Å². The molecule has 2 nitrogen and oxygen atoms in total. The van der Waals surface area contributed by atoms with Gasteiger partial charge in [0.25, 0.3) is 0 Å². The van der Waals surface area contributed by atoms with Crippen LogP contribution in [0.25, 0.3) is 16.8 Å². The molecule has 0 aliphatic heterocycles. The minimum absolute atomic E-state index is 0.177. The second kappa shape index (κ2) is 6.67. The minimum atomic E-state index is -0.177. The number of carbonyl (C=O) groups excluding carboxylic acids is 1. The van der Waals surface area contributed by atoms with Crippen molar-refractivity contribution in [3.63, 3.8) is 0 Å². The number of amides is 1. The van der Waals surface area contributed by atoms with Gasteiger partial charge in [-0.1, -0.05) is 60.1 Å². The van der Waals surface area contributed by atoms with Crippen molar-refractivity contribution in [2.75, 3.05) is 5.32 Å². The average molecular weight is 322 g/mol. The number of benzene rings is 3. The molecule has 114 valence electrons. The predicted molar refractivity (Wildman–Crippen MR) is 97.8 cm³/mol. The van der Waals surface area contributed by atoms with Crippen LogP contribution in [0.3, 0.4) is 0 Å². The first-order chi connectivity index (χ1) is 11.1. The highest BCUT2D eigenvalue weighted by Crippen LogP contribution is 2.23. The average Bonchev–Trinajstić information content (AvgIpc) is 2.57. The Balaban J connectivity index is 1.82. The van der Waals surface area contributed by atoms with Crippen molar-refractivity contribution in [2.24, 2.45) is 0 Å². The van der Waals surface area contributed by atoms with E-state index in [1.54, 1.807) is 12.1 Å². The van der Waals surface area contributed by atoms with Gasteiger partial charge in [0.05, 0.1) is 0 Å². The highest BCUT2D eigenvalue weighted by molar-refractivity contribution is 6.31.